The van der Waals surface area contributed by atoms with E-state index in [1.165, 1.54) is 18.1 Å². The maximum absolute atomic E-state index is 7.31. The van der Waals surface area contributed by atoms with Gasteiger partial charge in [-0.1, -0.05) is 35.5 Å². The number of aromatic amines is 1. The molecule has 0 saturated heterocycles. The molecular weight excluding hydrogens is 258 g/mol. The van der Waals surface area contributed by atoms with Crippen molar-refractivity contribution >= 4 is 29.2 Å². The van der Waals surface area contributed by atoms with Crippen LogP contribution in [0, 0.1) is 5.41 Å². The van der Waals surface area contributed by atoms with Crippen molar-refractivity contribution in [3.05, 3.63) is 40.7 Å². The number of nitrogens with two attached hydrogens (primary N) is 1. The van der Waals surface area contributed by atoms with Gasteiger partial charge >= 0.3 is 0 Å². The molecule has 1 heterocycles. The number of halogens is 1. The van der Waals surface area contributed by atoms with E-state index >= 15 is 0 Å². The van der Waals surface area contributed by atoms with Crippen LogP contribution < -0.4 is 5.73 Å². The summed E-state index contributed by atoms with van der Waals surface area (Å²) in [6.07, 6.45) is 1.46. The maximum atomic E-state index is 7.31. The number of thioether (sulfide) groups is 1. The van der Waals surface area contributed by atoms with Gasteiger partial charge in [-0.15, -0.1) is 0 Å². The summed E-state index contributed by atoms with van der Waals surface area (Å²) < 4.78 is 0. The Morgan fingerprint density at radius 3 is 2.94 bits per heavy atom. The van der Waals surface area contributed by atoms with E-state index in [2.05, 4.69) is 15.2 Å². The Labute approximate surface area is 107 Å². The fraction of sp³-hybridized carbons (Fsp3) is 0.100. The van der Waals surface area contributed by atoms with E-state index in [0.29, 0.717) is 16.3 Å². The first kappa shape index (κ1) is 11.9. The molecule has 7 heteroatoms. The predicted octanol–water partition coefficient (Wildman–Crippen LogP) is 2.03. The fourth-order valence-electron chi connectivity index (χ4n) is 1.24. The molecule has 0 radical (unpaired) electrons. The second-order valence-electron chi connectivity index (χ2n) is 3.30. The summed E-state index contributed by atoms with van der Waals surface area (Å²) in [6, 6.07) is 5.34. The van der Waals surface area contributed by atoms with E-state index in [4.69, 9.17) is 22.7 Å². The van der Waals surface area contributed by atoms with E-state index in [1.54, 1.807) is 12.1 Å². The Hall–Kier alpha value is -1.53. The Kier molecular flexibility index (Phi) is 3.65. The molecule has 0 amide bonds. The fourth-order valence-corrected chi connectivity index (χ4v) is 2.35. The molecule has 2 rings (SSSR count). The zero-order valence-electron chi connectivity index (χ0n) is 8.77. The standard InChI is InChI=1S/C10H10ClN5S/c11-8-3-6(9(12)13)1-2-7(8)4-17-10-14-5-15-16-10/h1-3,5H,4H2,(H3,12,13)(H,14,15,16). The van der Waals surface area contributed by atoms with Crippen molar-refractivity contribution < 1.29 is 0 Å². The van der Waals surface area contributed by atoms with Crippen LogP contribution in [0.25, 0.3) is 0 Å². The van der Waals surface area contributed by atoms with Crippen LogP contribution >= 0.6 is 23.4 Å². The molecule has 5 nitrogen and oxygen atoms in total. The summed E-state index contributed by atoms with van der Waals surface area (Å²) in [5, 5.41) is 15.2. The molecule has 0 fully saturated rings. The molecule has 4 N–H and O–H groups in total. The average molecular weight is 268 g/mol. The van der Waals surface area contributed by atoms with Gasteiger partial charge in [-0.25, -0.2) is 4.98 Å². The normalized spacial score (nSPS) is 10.4. The summed E-state index contributed by atoms with van der Waals surface area (Å²) >= 11 is 7.61. The summed E-state index contributed by atoms with van der Waals surface area (Å²) in [4.78, 5) is 4.01. The SMILES string of the molecule is N=C(N)c1ccc(CSc2ncn[nH]2)c(Cl)c1. The van der Waals surface area contributed by atoms with Crippen LogP contribution in [0.15, 0.2) is 29.7 Å². The first-order valence-electron chi connectivity index (χ1n) is 4.78. The highest BCUT2D eigenvalue weighted by Gasteiger charge is 2.05. The number of H-pyrrole nitrogens is 1. The van der Waals surface area contributed by atoms with E-state index in [0.717, 1.165) is 10.7 Å². The Bertz CT molecular complexity index is 525. The van der Waals surface area contributed by atoms with Gasteiger partial charge in [0, 0.05) is 16.3 Å². The zero-order valence-corrected chi connectivity index (χ0v) is 10.3. The van der Waals surface area contributed by atoms with Crippen molar-refractivity contribution in [2.75, 3.05) is 0 Å². The van der Waals surface area contributed by atoms with Crippen molar-refractivity contribution in [2.45, 2.75) is 10.9 Å². The van der Waals surface area contributed by atoms with Crippen LogP contribution in [0.4, 0.5) is 0 Å². The van der Waals surface area contributed by atoms with Crippen molar-refractivity contribution in [1.82, 2.24) is 15.2 Å². The van der Waals surface area contributed by atoms with Gasteiger partial charge in [-0.3, -0.25) is 10.5 Å². The van der Waals surface area contributed by atoms with E-state index in [1.807, 2.05) is 6.07 Å². The van der Waals surface area contributed by atoms with Crippen LogP contribution in [0.1, 0.15) is 11.1 Å². The molecule has 0 atom stereocenters. The molecule has 0 aliphatic heterocycles. The molecule has 0 spiro atoms. The van der Waals surface area contributed by atoms with Gasteiger partial charge in [0.05, 0.1) is 0 Å². The number of aromatic nitrogens is 3. The number of nitrogens with one attached hydrogen (secondary N) is 2. The van der Waals surface area contributed by atoms with Crippen molar-refractivity contribution in [2.24, 2.45) is 5.73 Å². The van der Waals surface area contributed by atoms with E-state index in [-0.39, 0.29) is 5.84 Å². The molecule has 0 bridgehead atoms. The van der Waals surface area contributed by atoms with Crippen molar-refractivity contribution in [3.8, 4) is 0 Å². The smallest absolute Gasteiger partial charge is 0.183 e. The van der Waals surface area contributed by atoms with Crippen LogP contribution in [-0.2, 0) is 5.75 Å². The number of hydrogen-bond acceptors (Lipinski definition) is 4. The average Bonchev–Trinajstić information content (AvgIpc) is 2.80. The molecule has 17 heavy (non-hydrogen) atoms. The second kappa shape index (κ2) is 5.20. The Morgan fingerprint density at radius 1 is 1.53 bits per heavy atom. The molecule has 0 aliphatic carbocycles. The lowest BCUT2D eigenvalue weighted by atomic mass is 10.1. The first-order valence-corrected chi connectivity index (χ1v) is 6.14. The summed E-state index contributed by atoms with van der Waals surface area (Å²) in [5.41, 5.74) is 6.98. The lowest BCUT2D eigenvalue weighted by molar-refractivity contribution is 0.973. The number of nitrogen functional groups attached to an aromatic ring is 1. The summed E-state index contributed by atoms with van der Waals surface area (Å²) in [6.45, 7) is 0. The van der Waals surface area contributed by atoms with Crippen LogP contribution in [0.2, 0.25) is 5.02 Å². The quantitative estimate of drug-likeness (QED) is 0.449. The number of amidine groups is 1. The lowest BCUT2D eigenvalue weighted by Gasteiger charge is -2.05. The third kappa shape index (κ3) is 2.98. The number of rotatable bonds is 4. The monoisotopic (exact) mass is 267 g/mol. The highest BCUT2D eigenvalue weighted by atomic mass is 35.5. The van der Waals surface area contributed by atoms with Crippen LogP contribution in [0.5, 0.6) is 0 Å². The van der Waals surface area contributed by atoms with Gasteiger partial charge < -0.3 is 5.73 Å². The molecule has 0 saturated carbocycles. The summed E-state index contributed by atoms with van der Waals surface area (Å²) in [5.74, 6) is 0.702. The van der Waals surface area contributed by atoms with E-state index < -0.39 is 0 Å². The van der Waals surface area contributed by atoms with Crippen LogP contribution in [0.3, 0.4) is 0 Å². The highest BCUT2D eigenvalue weighted by molar-refractivity contribution is 7.98. The Morgan fingerprint density at radius 2 is 2.35 bits per heavy atom. The van der Waals surface area contributed by atoms with Crippen LogP contribution in [-0.4, -0.2) is 21.0 Å². The molecule has 88 valence electrons. The lowest BCUT2D eigenvalue weighted by Crippen LogP contribution is -2.10. The Balaban J connectivity index is 2.09. The highest BCUT2D eigenvalue weighted by Crippen LogP contribution is 2.25. The van der Waals surface area contributed by atoms with Gasteiger partial charge in [0.15, 0.2) is 5.16 Å². The van der Waals surface area contributed by atoms with Gasteiger partial charge in [0.1, 0.15) is 12.2 Å². The van der Waals surface area contributed by atoms with E-state index in [9.17, 15) is 0 Å². The second-order valence-corrected chi connectivity index (χ2v) is 4.67. The van der Waals surface area contributed by atoms with Gasteiger partial charge in [0.2, 0.25) is 0 Å². The zero-order chi connectivity index (χ0) is 12.3. The number of benzene rings is 1. The minimum absolute atomic E-state index is 0.0151. The molecule has 0 unspecified atom stereocenters. The minimum atomic E-state index is 0.0151. The molecule has 1 aromatic carbocycles. The third-order valence-electron chi connectivity index (χ3n) is 2.12. The van der Waals surface area contributed by atoms with Crippen molar-refractivity contribution in [1.29, 1.82) is 5.41 Å². The predicted molar refractivity (Wildman–Crippen MR) is 68.4 cm³/mol. The largest absolute Gasteiger partial charge is 0.384 e. The van der Waals surface area contributed by atoms with Gasteiger partial charge in [0.25, 0.3) is 0 Å². The minimum Gasteiger partial charge on any atom is -0.384 e. The van der Waals surface area contributed by atoms with Gasteiger partial charge in [-0.2, -0.15) is 5.10 Å². The maximum Gasteiger partial charge on any atom is 0.183 e. The molecule has 2 aromatic rings. The number of nitrogens with zero attached hydrogens (tertiary/aromatic N) is 2. The van der Waals surface area contributed by atoms with Gasteiger partial charge in [-0.05, 0) is 11.6 Å². The van der Waals surface area contributed by atoms with Crippen molar-refractivity contribution in [3.63, 3.8) is 0 Å². The topological polar surface area (TPSA) is 91.4 Å². The molecule has 1 aromatic heterocycles. The molecular formula is C10H10ClN5S. The summed E-state index contributed by atoms with van der Waals surface area (Å²) in [7, 11) is 0. The third-order valence-corrected chi connectivity index (χ3v) is 3.40. The molecule has 0 aliphatic rings. The first-order chi connectivity index (χ1) is 8.16. The number of hydrogen-bond donors (Lipinski definition) is 3.